The van der Waals surface area contributed by atoms with E-state index in [4.69, 9.17) is 10.5 Å². The Bertz CT molecular complexity index is 174. The van der Waals surface area contributed by atoms with Gasteiger partial charge < -0.3 is 20.7 Å². The van der Waals surface area contributed by atoms with E-state index < -0.39 is 0 Å². The van der Waals surface area contributed by atoms with Gasteiger partial charge in [0, 0.05) is 25.7 Å². The van der Waals surface area contributed by atoms with Gasteiger partial charge in [-0.05, 0) is 20.9 Å². The molecule has 0 aliphatic rings. The molecule has 0 bridgehead atoms. The lowest BCUT2D eigenvalue weighted by Gasteiger charge is -2.20. The van der Waals surface area contributed by atoms with Gasteiger partial charge in [-0.2, -0.15) is 0 Å². The molecule has 0 rings (SSSR count). The van der Waals surface area contributed by atoms with Crippen molar-refractivity contribution >= 4 is 5.91 Å². The first-order chi connectivity index (χ1) is 7.07. The summed E-state index contributed by atoms with van der Waals surface area (Å²) in [6, 6.07) is 0.496. The minimum Gasteiger partial charge on any atom is -0.370 e. The maximum absolute atomic E-state index is 11.2. The van der Waals surface area contributed by atoms with E-state index in [0.29, 0.717) is 25.7 Å². The van der Waals surface area contributed by atoms with Crippen LogP contribution in [-0.2, 0) is 9.53 Å². The van der Waals surface area contributed by atoms with Crippen LogP contribution < -0.4 is 11.1 Å². The van der Waals surface area contributed by atoms with E-state index >= 15 is 0 Å². The maximum atomic E-state index is 11.2. The van der Waals surface area contributed by atoms with Crippen LogP contribution in [0.4, 0.5) is 0 Å². The number of hydrogen-bond donors (Lipinski definition) is 2. The average Bonchev–Trinajstić information content (AvgIpc) is 2.18. The van der Waals surface area contributed by atoms with Gasteiger partial charge in [-0.15, -0.1) is 0 Å². The molecule has 0 fully saturated rings. The van der Waals surface area contributed by atoms with E-state index in [1.165, 1.54) is 0 Å². The molecule has 0 aromatic carbocycles. The van der Waals surface area contributed by atoms with Crippen LogP contribution in [0.3, 0.4) is 0 Å². The van der Waals surface area contributed by atoms with Gasteiger partial charge in [-0.3, -0.25) is 4.79 Å². The summed E-state index contributed by atoms with van der Waals surface area (Å²) in [5.41, 5.74) is 5.22. The summed E-state index contributed by atoms with van der Waals surface area (Å²) in [5.74, 6) is -0.0828. The zero-order chi connectivity index (χ0) is 11.7. The van der Waals surface area contributed by atoms with E-state index in [9.17, 15) is 4.79 Å². The van der Waals surface area contributed by atoms with Crippen LogP contribution in [0.15, 0.2) is 0 Å². The van der Waals surface area contributed by atoms with Crippen LogP contribution in [0.2, 0.25) is 0 Å². The molecule has 0 heterocycles. The molecule has 0 spiro atoms. The smallest absolute Gasteiger partial charge is 0.246 e. The van der Waals surface area contributed by atoms with Gasteiger partial charge in [-0.1, -0.05) is 0 Å². The van der Waals surface area contributed by atoms with Crippen molar-refractivity contribution < 1.29 is 9.53 Å². The zero-order valence-corrected chi connectivity index (χ0v) is 9.95. The number of ether oxygens (including phenoxy) is 1. The van der Waals surface area contributed by atoms with E-state index in [2.05, 4.69) is 24.1 Å². The lowest BCUT2D eigenvalue weighted by Crippen LogP contribution is -2.37. The largest absolute Gasteiger partial charge is 0.370 e. The average molecular weight is 217 g/mol. The number of likely N-dealkylation sites (N-methyl/N-ethyl adjacent to an activating group) is 1. The highest BCUT2D eigenvalue weighted by Crippen LogP contribution is 1.90. The third-order valence-electron chi connectivity index (χ3n) is 2.16. The van der Waals surface area contributed by atoms with Crippen molar-refractivity contribution in [3.05, 3.63) is 0 Å². The summed E-state index contributed by atoms with van der Waals surface area (Å²) in [6.07, 6.45) is 0. The second kappa shape index (κ2) is 8.64. The second-order valence-corrected chi connectivity index (χ2v) is 3.77. The van der Waals surface area contributed by atoms with Crippen LogP contribution in [-0.4, -0.2) is 56.7 Å². The molecule has 0 unspecified atom stereocenters. The predicted octanol–water partition coefficient (Wildman–Crippen LogP) is -0.582. The molecule has 0 saturated carbocycles. The zero-order valence-electron chi connectivity index (χ0n) is 9.95. The van der Waals surface area contributed by atoms with Crippen LogP contribution >= 0.6 is 0 Å². The monoisotopic (exact) mass is 217 g/mol. The first-order valence-corrected chi connectivity index (χ1v) is 5.32. The SMILES string of the molecule is CC(C)N(C)CCNC(=O)COCCN. The normalized spacial score (nSPS) is 11.1. The van der Waals surface area contributed by atoms with Crippen molar-refractivity contribution in [2.24, 2.45) is 5.73 Å². The Kier molecular flexibility index (Phi) is 8.27. The van der Waals surface area contributed by atoms with Crippen molar-refractivity contribution in [2.45, 2.75) is 19.9 Å². The minimum atomic E-state index is -0.0828. The van der Waals surface area contributed by atoms with Gasteiger partial charge in [-0.25, -0.2) is 0 Å². The first kappa shape index (κ1) is 14.3. The number of rotatable bonds is 8. The summed E-state index contributed by atoms with van der Waals surface area (Å²) >= 11 is 0. The number of carbonyl (C=O) groups is 1. The molecule has 15 heavy (non-hydrogen) atoms. The third-order valence-corrected chi connectivity index (χ3v) is 2.16. The molecule has 5 nitrogen and oxygen atoms in total. The molecule has 1 amide bonds. The Hall–Kier alpha value is -0.650. The predicted molar refractivity (Wildman–Crippen MR) is 60.6 cm³/mol. The van der Waals surface area contributed by atoms with Crippen molar-refractivity contribution in [3.63, 3.8) is 0 Å². The molecule has 90 valence electrons. The summed E-state index contributed by atoms with van der Waals surface area (Å²) in [5, 5.41) is 2.78. The first-order valence-electron chi connectivity index (χ1n) is 5.32. The Labute approximate surface area is 91.9 Å². The highest BCUT2D eigenvalue weighted by atomic mass is 16.5. The lowest BCUT2D eigenvalue weighted by molar-refractivity contribution is -0.125. The van der Waals surface area contributed by atoms with Gasteiger partial charge in [0.2, 0.25) is 5.91 Å². The van der Waals surface area contributed by atoms with Crippen LogP contribution in [0.1, 0.15) is 13.8 Å². The molecular formula is C10H23N3O2. The van der Waals surface area contributed by atoms with Gasteiger partial charge in [0.25, 0.3) is 0 Å². The standard InChI is InChI=1S/C10H23N3O2/c1-9(2)13(3)6-5-12-10(14)8-15-7-4-11/h9H,4-8,11H2,1-3H3,(H,12,14). The molecule has 0 radical (unpaired) electrons. The van der Waals surface area contributed by atoms with Crippen molar-refractivity contribution in [2.75, 3.05) is 39.9 Å². The molecule has 0 aliphatic carbocycles. The molecule has 0 aliphatic heterocycles. The van der Waals surface area contributed by atoms with Crippen LogP contribution in [0, 0.1) is 0 Å². The van der Waals surface area contributed by atoms with E-state index in [1.54, 1.807) is 0 Å². The minimum absolute atomic E-state index is 0.0828. The topological polar surface area (TPSA) is 67.6 Å². The summed E-state index contributed by atoms with van der Waals surface area (Å²) in [6.45, 7) is 6.71. The number of carbonyl (C=O) groups excluding carboxylic acids is 1. The van der Waals surface area contributed by atoms with Gasteiger partial charge >= 0.3 is 0 Å². The summed E-state index contributed by atoms with van der Waals surface area (Å²) < 4.78 is 5.00. The highest BCUT2D eigenvalue weighted by Gasteiger charge is 2.04. The Balaban J connectivity index is 3.38. The van der Waals surface area contributed by atoms with Gasteiger partial charge in [0.05, 0.1) is 6.61 Å². The number of amides is 1. The van der Waals surface area contributed by atoms with Gasteiger partial charge in [0.1, 0.15) is 6.61 Å². The summed E-state index contributed by atoms with van der Waals surface area (Å²) in [7, 11) is 2.03. The maximum Gasteiger partial charge on any atom is 0.246 e. The molecule has 0 aromatic heterocycles. The van der Waals surface area contributed by atoms with E-state index in [-0.39, 0.29) is 12.5 Å². The third kappa shape index (κ3) is 8.35. The van der Waals surface area contributed by atoms with Gasteiger partial charge in [0.15, 0.2) is 0 Å². The Morgan fingerprint density at radius 3 is 2.73 bits per heavy atom. The second-order valence-electron chi connectivity index (χ2n) is 3.77. The van der Waals surface area contributed by atoms with E-state index in [0.717, 1.165) is 6.54 Å². The fraction of sp³-hybridized carbons (Fsp3) is 0.900. The number of nitrogens with two attached hydrogens (primary N) is 1. The quantitative estimate of drug-likeness (QED) is 0.534. The molecule has 5 heteroatoms. The van der Waals surface area contributed by atoms with Crippen molar-refractivity contribution in [3.8, 4) is 0 Å². The highest BCUT2D eigenvalue weighted by molar-refractivity contribution is 5.77. The molecule has 0 atom stereocenters. The molecule has 0 aromatic rings. The molecular weight excluding hydrogens is 194 g/mol. The van der Waals surface area contributed by atoms with Crippen molar-refractivity contribution in [1.29, 1.82) is 0 Å². The van der Waals surface area contributed by atoms with Crippen LogP contribution in [0.5, 0.6) is 0 Å². The molecule has 3 N–H and O–H groups in total. The fourth-order valence-electron chi connectivity index (χ4n) is 0.929. The summed E-state index contributed by atoms with van der Waals surface area (Å²) in [4.78, 5) is 13.3. The van der Waals surface area contributed by atoms with E-state index in [1.807, 2.05) is 7.05 Å². The number of nitrogens with one attached hydrogen (secondary N) is 1. The van der Waals surface area contributed by atoms with Crippen molar-refractivity contribution in [1.82, 2.24) is 10.2 Å². The van der Waals surface area contributed by atoms with Crippen LogP contribution in [0.25, 0.3) is 0 Å². The Morgan fingerprint density at radius 1 is 1.53 bits per heavy atom. The lowest BCUT2D eigenvalue weighted by atomic mass is 10.3. The Morgan fingerprint density at radius 2 is 2.20 bits per heavy atom. The molecule has 0 saturated heterocycles. The fourth-order valence-corrected chi connectivity index (χ4v) is 0.929. The number of hydrogen-bond acceptors (Lipinski definition) is 4. The number of nitrogens with zero attached hydrogens (tertiary/aromatic N) is 1.